The number of hydrogen-bond donors (Lipinski definition) is 1. The first-order valence-corrected chi connectivity index (χ1v) is 14.7. The molecule has 1 atom stereocenters. The van der Waals surface area contributed by atoms with E-state index in [2.05, 4.69) is 51.1 Å². The number of anilines is 3. The first kappa shape index (κ1) is 28.3. The molecule has 0 unspecified atom stereocenters. The standard InChI is InChI=1S/C30H43N7O3/c1-5-26-30(40-25-10-13-37(19-25)22(3)39)33-29(27(20-38)32-26)31-23-6-7-28(21(2)18-23)36-11-8-24(9-12-36)35-16-14-34(4)15-17-35/h6-7,18,20,24-25H,5,8-17,19H2,1-4H3,(H,31,33)/t25-/m1/s1. The summed E-state index contributed by atoms with van der Waals surface area (Å²) in [4.78, 5) is 42.3. The predicted octanol–water partition coefficient (Wildman–Crippen LogP) is 3.12. The molecular weight excluding hydrogens is 506 g/mol. The van der Waals surface area contributed by atoms with Crippen LogP contribution in [-0.4, -0.2) is 108 Å². The molecule has 3 fully saturated rings. The van der Waals surface area contributed by atoms with Crippen LogP contribution in [0.2, 0.25) is 0 Å². The summed E-state index contributed by atoms with van der Waals surface area (Å²) in [6, 6.07) is 6.99. The Morgan fingerprint density at radius 1 is 1.07 bits per heavy atom. The summed E-state index contributed by atoms with van der Waals surface area (Å²) in [6.45, 7) is 13.7. The van der Waals surface area contributed by atoms with Crippen molar-refractivity contribution in [1.82, 2.24) is 24.7 Å². The smallest absolute Gasteiger partial charge is 0.238 e. The van der Waals surface area contributed by atoms with Gasteiger partial charge in [-0.05, 0) is 57.0 Å². The normalized spacial score (nSPS) is 21.1. The van der Waals surface area contributed by atoms with Crippen molar-refractivity contribution < 1.29 is 14.3 Å². The Labute approximate surface area is 237 Å². The summed E-state index contributed by atoms with van der Waals surface area (Å²) in [7, 11) is 2.21. The number of likely N-dealkylation sites (N-methyl/N-ethyl adjacent to an activating group) is 1. The third-order valence-corrected chi connectivity index (χ3v) is 8.59. The third-order valence-electron chi connectivity index (χ3n) is 8.59. The van der Waals surface area contributed by atoms with Gasteiger partial charge in [0.05, 0.1) is 6.54 Å². The molecule has 216 valence electrons. The van der Waals surface area contributed by atoms with Crippen molar-refractivity contribution in [3.05, 3.63) is 35.2 Å². The Morgan fingerprint density at radius 2 is 1.82 bits per heavy atom. The van der Waals surface area contributed by atoms with Crippen molar-refractivity contribution in [3.8, 4) is 5.88 Å². The summed E-state index contributed by atoms with van der Waals surface area (Å²) in [5.41, 5.74) is 4.19. The van der Waals surface area contributed by atoms with Crippen molar-refractivity contribution in [1.29, 1.82) is 0 Å². The average molecular weight is 550 g/mol. The van der Waals surface area contributed by atoms with Crippen molar-refractivity contribution in [3.63, 3.8) is 0 Å². The molecule has 0 radical (unpaired) electrons. The van der Waals surface area contributed by atoms with Crippen LogP contribution in [0, 0.1) is 6.92 Å². The lowest BCUT2D eigenvalue weighted by molar-refractivity contribution is -0.128. The number of likely N-dealkylation sites (tertiary alicyclic amines) is 1. The Bertz CT molecular complexity index is 1210. The second kappa shape index (κ2) is 12.5. The highest BCUT2D eigenvalue weighted by atomic mass is 16.5. The zero-order valence-electron chi connectivity index (χ0n) is 24.4. The summed E-state index contributed by atoms with van der Waals surface area (Å²) in [5.74, 6) is 0.844. The van der Waals surface area contributed by atoms with Gasteiger partial charge in [0.1, 0.15) is 17.5 Å². The molecule has 0 bridgehead atoms. The first-order valence-electron chi connectivity index (χ1n) is 14.7. The van der Waals surface area contributed by atoms with Gasteiger partial charge in [-0.25, -0.2) is 4.98 Å². The molecule has 1 aromatic carbocycles. The molecule has 2 aromatic rings. The summed E-state index contributed by atoms with van der Waals surface area (Å²) in [6.07, 6.45) is 4.32. The van der Waals surface area contributed by atoms with Crippen LogP contribution >= 0.6 is 0 Å². The maximum absolute atomic E-state index is 11.9. The number of carbonyl (C=O) groups is 2. The maximum atomic E-state index is 11.9. The Balaban J connectivity index is 1.25. The second-order valence-electron chi connectivity index (χ2n) is 11.4. The minimum atomic E-state index is -0.139. The fourth-order valence-electron chi connectivity index (χ4n) is 6.12. The summed E-state index contributed by atoms with van der Waals surface area (Å²) < 4.78 is 6.20. The van der Waals surface area contributed by atoms with Gasteiger partial charge in [0.2, 0.25) is 11.8 Å². The third kappa shape index (κ3) is 6.39. The minimum Gasteiger partial charge on any atom is -0.471 e. The van der Waals surface area contributed by atoms with Gasteiger partial charge in [-0.1, -0.05) is 6.92 Å². The van der Waals surface area contributed by atoms with Crippen LogP contribution in [0.5, 0.6) is 5.88 Å². The molecule has 3 aliphatic rings. The van der Waals surface area contributed by atoms with E-state index in [0.29, 0.717) is 42.9 Å². The van der Waals surface area contributed by atoms with Gasteiger partial charge in [-0.3, -0.25) is 14.5 Å². The summed E-state index contributed by atoms with van der Waals surface area (Å²) in [5, 5.41) is 3.31. The van der Waals surface area contributed by atoms with Crippen molar-refractivity contribution in [2.75, 3.05) is 69.6 Å². The van der Waals surface area contributed by atoms with Crippen LogP contribution in [-0.2, 0) is 11.2 Å². The van der Waals surface area contributed by atoms with Gasteiger partial charge in [-0.15, -0.1) is 0 Å². The molecule has 4 heterocycles. The lowest BCUT2D eigenvalue weighted by Gasteiger charge is -2.43. The number of aryl methyl sites for hydroxylation is 2. The van der Waals surface area contributed by atoms with Gasteiger partial charge in [0, 0.05) is 76.6 Å². The predicted molar refractivity (Wildman–Crippen MR) is 157 cm³/mol. The van der Waals surface area contributed by atoms with Crippen molar-refractivity contribution in [2.24, 2.45) is 0 Å². The van der Waals surface area contributed by atoms with Crippen LogP contribution in [0.3, 0.4) is 0 Å². The fraction of sp³-hybridized carbons (Fsp3) is 0.600. The van der Waals surface area contributed by atoms with E-state index in [1.54, 1.807) is 11.8 Å². The largest absolute Gasteiger partial charge is 0.471 e. The van der Waals surface area contributed by atoms with E-state index in [0.717, 1.165) is 44.6 Å². The number of amides is 1. The average Bonchev–Trinajstić information content (AvgIpc) is 3.43. The van der Waals surface area contributed by atoms with Gasteiger partial charge in [-0.2, -0.15) is 4.98 Å². The lowest BCUT2D eigenvalue weighted by Crippen LogP contribution is -2.52. The van der Waals surface area contributed by atoms with Gasteiger partial charge in [0.25, 0.3) is 0 Å². The van der Waals surface area contributed by atoms with Crippen LogP contribution < -0.4 is 15.0 Å². The van der Waals surface area contributed by atoms with Crippen molar-refractivity contribution >= 4 is 29.4 Å². The highest BCUT2D eigenvalue weighted by Gasteiger charge is 2.29. The number of aromatic nitrogens is 2. The number of rotatable bonds is 8. The van der Waals surface area contributed by atoms with E-state index in [-0.39, 0.29) is 17.7 Å². The fourth-order valence-corrected chi connectivity index (χ4v) is 6.12. The number of ether oxygens (including phenoxy) is 1. The van der Waals surface area contributed by atoms with Gasteiger partial charge in [0.15, 0.2) is 12.1 Å². The zero-order chi connectivity index (χ0) is 28.2. The van der Waals surface area contributed by atoms with E-state index < -0.39 is 0 Å². The number of benzene rings is 1. The zero-order valence-corrected chi connectivity index (χ0v) is 24.4. The monoisotopic (exact) mass is 549 g/mol. The van der Waals surface area contributed by atoms with E-state index in [1.165, 1.54) is 37.2 Å². The molecule has 40 heavy (non-hydrogen) atoms. The van der Waals surface area contributed by atoms with Crippen molar-refractivity contribution in [2.45, 2.75) is 58.6 Å². The number of aldehydes is 1. The van der Waals surface area contributed by atoms with E-state index in [9.17, 15) is 9.59 Å². The SMILES string of the molecule is CCc1nc(C=O)c(Nc2ccc(N3CCC(N4CCN(C)CC4)CC3)c(C)c2)nc1O[C@@H]1CCN(C(C)=O)C1. The number of nitrogens with one attached hydrogen (secondary N) is 1. The Morgan fingerprint density at radius 3 is 2.45 bits per heavy atom. The number of hydrogen-bond acceptors (Lipinski definition) is 9. The quantitative estimate of drug-likeness (QED) is 0.499. The number of carbonyl (C=O) groups excluding carboxylic acids is 2. The number of nitrogens with zero attached hydrogens (tertiary/aromatic N) is 6. The van der Waals surface area contributed by atoms with Gasteiger partial charge >= 0.3 is 0 Å². The molecule has 1 aromatic heterocycles. The highest BCUT2D eigenvalue weighted by molar-refractivity contribution is 5.82. The Kier molecular flexibility index (Phi) is 8.85. The molecule has 3 aliphatic heterocycles. The van der Waals surface area contributed by atoms with Crippen LogP contribution in [0.15, 0.2) is 18.2 Å². The van der Waals surface area contributed by atoms with Crippen LogP contribution in [0.4, 0.5) is 17.2 Å². The first-order chi connectivity index (χ1) is 19.3. The molecule has 5 rings (SSSR count). The molecule has 1 amide bonds. The Hall–Kier alpha value is -3.24. The van der Waals surface area contributed by atoms with E-state index >= 15 is 0 Å². The van der Waals surface area contributed by atoms with Crippen LogP contribution in [0.25, 0.3) is 0 Å². The minimum absolute atomic E-state index is 0.0461. The van der Waals surface area contributed by atoms with E-state index in [1.807, 2.05) is 13.0 Å². The lowest BCUT2D eigenvalue weighted by atomic mass is 10.0. The molecule has 1 N–H and O–H groups in total. The topological polar surface area (TPSA) is 94.1 Å². The molecule has 10 heteroatoms. The molecule has 0 saturated carbocycles. The molecule has 10 nitrogen and oxygen atoms in total. The van der Waals surface area contributed by atoms with E-state index in [4.69, 9.17) is 9.72 Å². The number of piperidine rings is 1. The molecule has 0 spiro atoms. The molecule has 0 aliphatic carbocycles. The molecule has 3 saturated heterocycles. The number of piperazine rings is 1. The summed E-state index contributed by atoms with van der Waals surface area (Å²) >= 11 is 0. The second-order valence-corrected chi connectivity index (χ2v) is 11.4. The van der Waals surface area contributed by atoms with Gasteiger partial charge < -0.3 is 24.8 Å². The van der Waals surface area contributed by atoms with Crippen LogP contribution in [0.1, 0.15) is 54.9 Å². The maximum Gasteiger partial charge on any atom is 0.238 e. The highest BCUT2D eigenvalue weighted by Crippen LogP contribution is 2.30. The molecular formula is C30H43N7O3.